The van der Waals surface area contributed by atoms with Gasteiger partial charge >= 0.3 is 0 Å². The molecule has 7 aromatic rings. The number of thiazole rings is 1. The van der Waals surface area contributed by atoms with Gasteiger partial charge in [-0.15, -0.1) is 21.5 Å². The van der Waals surface area contributed by atoms with Crippen molar-refractivity contribution in [3.05, 3.63) is 107 Å². The summed E-state index contributed by atoms with van der Waals surface area (Å²) in [6, 6.07) is 20.1. The molecule has 3 N–H and O–H groups in total. The standard InChI is InChI=1S/C49H52N10O5S/c1-27(2)45(48(63)59-25-35(60)17-42(59)47(62)53-28(3)31-11-13-32(14-12-31)46-29(4)52-26-65-46)44-20-37(56-64-44)34-21-50-49(51-22-34)57-16-15-33(24-57)40-19-39-41(58(40)23-30-9-10-30)18-38(54-55-39)36-7-5-6-8-43(36)61/h5-8,11-14,18-22,26-28,30,33,35,42,45,60-61H,9-10,15-17,23-25H2,1-4H3,(H,53,62)/t28-,33-,35+,42-,45+/m0/s1. The van der Waals surface area contributed by atoms with Crippen LogP contribution in [0.25, 0.3) is 44.0 Å². The van der Waals surface area contributed by atoms with Crippen molar-refractivity contribution < 1.29 is 24.3 Å². The van der Waals surface area contributed by atoms with Crippen LogP contribution in [0.15, 0.2) is 89.2 Å². The lowest BCUT2D eigenvalue weighted by atomic mass is 9.91. The number of β-amino-alcohol motifs (C(OH)–C–C–N with tert-alkyl or cyclic N) is 1. The number of aromatic nitrogens is 7. The van der Waals surface area contributed by atoms with Crippen LogP contribution in [0.5, 0.6) is 5.75 Å². The van der Waals surface area contributed by atoms with Crippen molar-refractivity contribution in [1.29, 1.82) is 0 Å². The van der Waals surface area contributed by atoms with Gasteiger partial charge < -0.3 is 34.4 Å². The summed E-state index contributed by atoms with van der Waals surface area (Å²) in [5, 5.41) is 37.8. The Hall–Kier alpha value is -6.52. The molecular weight excluding hydrogens is 841 g/mol. The van der Waals surface area contributed by atoms with Gasteiger partial charge in [-0.2, -0.15) is 0 Å². The van der Waals surface area contributed by atoms with Crippen molar-refractivity contribution >= 4 is 40.1 Å². The lowest BCUT2D eigenvalue weighted by Gasteiger charge is -2.29. The van der Waals surface area contributed by atoms with Crippen LogP contribution in [0.3, 0.4) is 0 Å². The van der Waals surface area contributed by atoms with Crippen LogP contribution in [-0.2, 0) is 16.1 Å². The number of carbonyl (C=O) groups is 2. The number of amides is 2. The molecule has 0 spiro atoms. The van der Waals surface area contributed by atoms with Crippen LogP contribution in [0, 0.1) is 18.8 Å². The average Bonchev–Trinajstić information content (AvgIpc) is 3.83. The number of carbonyl (C=O) groups excluding carboxylic acids is 2. The number of benzene rings is 2. The SMILES string of the molecule is Cc1ncsc1-c1ccc([C@H](C)NC(=O)[C@@H]2C[C@@H](O)CN2C(=O)[C@@H](c2cc(-c3cnc(N4CC[C@H](c5cc6nnc(-c7ccccc7O)cc6n5CC5CC5)C4)nc3)no2)C(C)C)cc1. The van der Waals surface area contributed by atoms with Crippen LogP contribution in [0.1, 0.15) is 87.0 Å². The predicted molar refractivity (Wildman–Crippen MR) is 247 cm³/mol. The molecule has 2 aliphatic heterocycles. The summed E-state index contributed by atoms with van der Waals surface area (Å²) in [6.07, 6.45) is 6.14. The smallest absolute Gasteiger partial charge is 0.243 e. The number of likely N-dealkylation sites (tertiary alicyclic amines) is 1. The number of aliphatic hydroxyl groups excluding tert-OH is 1. The van der Waals surface area contributed by atoms with Gasteiger partial charge in [-0.25, -0.2) is 15.0 Å². The third kappa shape index (κ3) is 8.48. The van der Waals surface area contributed by atoms with Crippen molar-refractivity contribution in [2.75, 3.05) is 24.5 Å². The van der Waals surface area contributed by atoms with Crippen LogP contribution in [0.4, 0.5) is 5.95 Å². The van der Waals surface area contributed by atoms with Gasteiger partial charge in [0, 0.05) is 73.8 Å². The minimum atomic E-state index is -0.841. The number of phenols is 1. The number of nitrogens with one attached hydrogen (secondary N) is 1. The van der Waals surface area contributed by atoms with Gasteiger partial charge in [-0.1, -0.05) is 55.4 Å². The lowest BCUT2D eigenvalue weighted by Crippen LogP contribution is -2.48. The Bertz CT molecular complexity index is 2850. The second-order valence-corrected chi connectivity index (χ2v) is 19.0. The molecule has 334 valence electrons. The number of phenolic OH excluding ortho intramolecular Hbond substituents is 1. The number of aromatic hydroxyl groups is 1. The third-order valence-electron chi connectivity index (χ3n) is 13.2. The van der Waals surface area contributed by atoms with Gasteiger partial charge in [-0.05, 0) is 80.3 Å². The Morgan fingerprint density at radius 3 is 2.43 bits per heavy atom. The van der Waals surface area contributed by atoms with Gasteiger partial charge in [0.25, 0.3) is 0 Å². The van der Waals surface area contributed by atoms with Crippen LogP contribution in [-0.4, -0.2) is 93.6 Å². The van der Waals surface area contributed by atoms with E-state index in [0.29, 0.717) is 40.1 Å². The molecule has 2 aromatic carbocycles. The topological polar surface area (TPSA) is 189 Å². The molecule has 10 rings (SSSR count). The number of hydrogen-bond donors (Lipinski definition) is 3. The molecule has 1 aliphatic carbocycles. The zero-order chi connectivity index (χ0) is 44.9. The molecule has 0 radical (unpaired) electrons. The van der Waals surface area contributed by atoms with E-state index in [-0.39, 0.29) is 48.4 Å². The Morgan fingerprint density at radius 2 is 1.71 bits per heavy atom. The summed E-state index contributed by atoms with van der Waals surface area (Å²) in [7, 11) is 0. The van der Waals surface area contributed by atoms with E-state index in [2.05, 4.69) is 41.2 Å². The molecular formula is C49H52N10O5S. The molecule has 3 fully saturated rings. The van der Waals surface area contributed by atoms with Crippen molar-refractivity contribution in [3.8, 4) is 38.7 Å². The highest BCUT2D eigenvalue weighted by Gasteiger charge is 2.43. The number of aliphatic hydroxyl groups is 1. The highest BCUT2D eigenvalue weighted by Crippen LogP contribution is 2.39. The fourth-order valence-corrected chi connectivity index (χ4v) is 10.3. The number of nitrogens with zero attached hydrogens (tertiary/aromatic N) is 9. The zero-order valence-electron chi connectivity index (χ0n) is 36.8. The monoisotopic (exact) mass is 892 g/mol. The molecule has 5 atom stereocenters. The predicted octanol–water partition coefficient (Wildman–Crippen LogP) is 7.66. The Labute approximate surface area is 380 Å². The summed E-state index contributed by atoms with van der Waals surface area (Å²) in [6.45, 7) is 10.3. The normalized spacial score (nSPS) is 19.6. The highest BCUT2D eigenvalue weighted by molar-refractivity contribution is 7.13. The zero-order valence-corrected chi connectivity index (χ0v) is 37.7. The van der Waals surface area contributed by atoms with E-state index in [9.17, 15) is 19.8 Å². The van der Waals surface area contributed by atoms with Gasteiger partial charge in [-0.3, -0.25) is 9.59 Å². The first kappa shape index (κ1) is 42.4. The van der Waals surface area contributed by atoms with Crippen LogP contribution in [0.2, 0.25) is 0 Å². The molecule has 65 heavy (non-hydrogen) atoms. The molecule has 2 amide bonds. The maximum atomic E-state index is 14.4. The summed E-state index contributed by atoms with van der Waals surface area (Å²) in [5.74, 6) is 0.508. The molecule has 3 aliphatic rings. The Kier molecular flexibility index (Phi) is 11.4. The number of fused-ring (bicyclic) bond motifs is 1. The van der Waals surface area contributed by atoms with E-state index in [1.807, 2.05) is 75.7 Å². The molecule has 15 nitrogen and oxygen atoms in total. The molecule has 0 unspecified atom stereocenters. The van der Waals surface area contributed by atoms with E-state index in [0.717, 1.165) is 58.8 Å². The summed E-state index contributed by atoms with van der Waals surface area (Å²) >= 11 is 1.59. The number of anilines is 1. The highest BCUT2D eigenvalue weighted by atomic mass is 32.1. The number of para-hydroxylation sites is 1. The molecule has 0 bridgehead atoms. The third-order valence-corrected chi connectivity index (χ3v) is 14.2. The van der Waals surface area contributed by atoms with E-state index in [4.69, 9.17) is 14.5 Å². The minimum absolute atomic E-state index is 0.0442. The fourth-order valence-electron chi connectivity index (χ4n) is 9.48. The van der Waals surface area contributed by atoms with Crippen molar-refractivity contribution in [1.82, 2.24) is 45.1 Å². The van der Waals surface area contributed by atoms with Crippen molar-refractivity contribution in [3.63, 3.8) is 0 Å². The first-order chi connectivity index (χ1) is 31.5. The number of aryl methyl sites for hydroxylation is 1. The Balaban J connectivity index is 0.809. The van der Waals surface area contributed by atoms with Crippen LogP contribution >= 0.6 is 11.3 Å². The first-order valence-corrected chi connectivity index (χ1v) is 23.4. The van der Waals surface area contributed by atoms with E-state index >= 15 is 0 Å². The summed E-state index contributed by atoms with van der Waals surface area (Å²) < 4.78 is 8.27. The molecule has 7 heterocycles. The molecule has 2 saturated heterocycles. The first-order valence-electron chi connectivity index (χ1n) is 22.5. The average molecular weight is 893 g/mol. The largest absolute Gasteiger partial charge is 0.507 e. The molecule has 16 heteroatoms. The van der Waals surface area contributed by atoms with Gasteiger partial charge in [0.2, 0.25) is 17.8 Å². The van der Waals surface area contributed by atoms with Gasteiger partial charge in [0.1, 0.15) is 34.7 Å². The Morgan fingerprint density at radius 1 is 0.923 bits per heavy atom. The number of hydrogen-bond acceptors (Lipinski definition) is 13. The molecule has 1 saturated carbocycles. The minimum Gasteiger partial charge on any atom is -0.507 e. The van der Waals surface area contributed by atoms with Gasteiger partial charge in [0.05, 0.1) is 39.4 Å². The van der Waals surface area contributed by atoms with E-state index in [1.165, 1.54) is 23.4 Å². The van der Waals surface area contributed by atoms with Crippen molar-refractivity contribution in [2.24, 2.45) is 11.8 Å². The van der Waals surface area contributed by atoms with Crippen molar-refractivity contribution in [2.45, 2.75) is 89.9 Å². The summed E-state index contributed by atoms with van der Waals surface area (Å²) in [5.41, 5.74) is 10.4. The quantitative estimate of drug-likeness (QED) is 0.103. The fraction of sp³-hybridized carbons (Fsp3) is 0.388. The lowest BCUT2D eigenvalue weighted by molar-refractivity contribution is -0.141. The van der Waals surface area contributed by atoms with E-state index < -0.39 is 18.1 Å². The molecule has 5 aromatic heterocycles. The van der Waals surface area contributed by atoms with Gasteiger partial charge in [0.15, 0.2) is 0 Å². The van der Waals surface area contributed by atoms with Crippen LogP contribution < -0.4 is 10.2 Å². The summed E-state index contributed by atoms with van der Waals surface area (Å²) in [4.78, 5) is 46.8. The van der Waals surface area contributed by atoms with E-state index in [1.54, 1.807) is 41.9 Å². The number of rotatable bonds is 13. The second-order valence-electron chi connectivity index (χ2n) is 18.2. The maximum absolute atomic E-state index is 14.4. The second kappa shape index (κ2) is 17.5. The maximum Gasteiger partial charge on any atom is 0.243 e.